The van der Waals surface area contributed by atoms with E-state index in [2.05, 4.69) is 30.2 Å². The van der Waals surface area contributed by atoms with Gasteiger partial charge in [-0.2, -0.15) is 19.0 Å². The summed E-state index contributed by atoms with van der Waals surface area (Å²) in [5, 5.41) is 10.9. The zero-order chi connectivity index (χ0) is 36.7. The van der Waals surface area contributed by atoms with Crippen molar-refractivity contribution in [3.05, 3.63) is 81.4 Å². The van der Waals surface area contributed by atoms with Crippen molar-refractivity contribution in [2.45, 2.75) is 43.7 Å². The molecule has 12 nitrogen and oxygen atoms in total. The van der Waals surface area contributed by atoms with Crippen LogP contribution in [0.1, 0.15) is 53.0 Å². The predicted octanol–water partition coefficient (Wildman–Crippen LogP) is 5.36. The third kappa shape index (κ3) is 6.21. The molecule has 3 atom stereocenters. The first kappa shape index (κ1) is 34.5. The van der Waals surface area contributed by atoms with E-state index in [-0.39, 0.29) is 68.5 Å². The van der Waals surface area contributed by atoms with Gasteiger partial charge < -0.3 is 11.1 Å². The number of aryl methyl sites for hydroxylation is 1. The van der Waals surface area contributed by atoms with E-state index >= 15 is 8.78 Å². The molecule has 1 unspecified atom stereocenters. The largest absolute Gasteiger partial charge is 0.382 e. The highest BCUT2D eigenvalue weighted by atomic mass is 35.5. The van der Waals surface area contributed by atoms with Crippen molar-refractivity contribution in [1.29, 1.82) is 0 Å². The third-order valence-corrected chi connectivity index (χ3v) is 9.66. The lowest BCUT2D eigenvalue weighted by molar-refractivity contribution is -0.123. The SMILES string of the molecule is Cn1nc(NS(C)(=O)=O)c2c(Cl)ccc(-c3nc(N)cnc3C(Cc3cc(F)cc(F)c3)NC(=O)Cn3nc(C(F)F)c4c3C(F)(F)[C@@H]3C[C@H]43)c21. The number of nitrogen functional groups attached to an aromatic ring is 1. The molecule has 1 amide bonds. The summed E-state index contributed by atoms with van der Waals surface area (Å²) in [5.74, 6) is -8.44. The molecule has 51 heavy (non-hydrogen) atoms. The van der Waals surface area contributed by atoms with E-state index in [4.69, 9.17) is 17.3 Å². The lowest BCUT2D eigenvalue weighted by Crippen LogP contribution is -2.35. The molecule has 1 saturated carbocycles. The number of hydrogen-bond donors (Lipinski definition) is 3. The summed E-state index contributed by atoms with van der Waals surface area (Å²) in [4.78, 5) is 22.5. The van der Waals surface area contributed by atoms with Crippen molar-refractivity contribution >= 4 is 50.1 Å². The summed E-state index contributed by atoms with van der Waals surface area (Å²) < 4.78 is 115. The monoisotopic (exact) mass is 753 g/mol. The highest BCUT2D eigenvalue weighted by molar-refractivity contribution is 7.92. The number of anilines is 2. The maximum atomic E-state index is 15.2. The number of carbonyl (C=O) groups is 1. The molecule has 3 heterocycles. The number of rotatable bonds is 10. The number of sulfonamides is 1. The van der Waals surface area contributed by atoms with Crippen LogP contribution in [-0.2, 0) is 40.8 Å². The van der Waals surface area contributed by atoms with Crippen LogP contribution in [0.4, 0.5) is 38.0 Å². The highest BCUT2D eigenvalue weighted by Crippen LogP contribution is 2.68. The maximum absolute atomic E-state index is 15.2. The Balaban J connectivity index is 1.33. The zero-order valence-electron chi connectivity index (χ0n) is 26.4. The first-order valence-electron chi connectivity index (χ1n) is 15.2. The van der Waals surface area contributed by atoms with Crippen LogP contribution in [0.3, 0.4) is 0 Å². The lowest BCUT2D eigenvalue weighted by Gasteiger charge is -2.22. The van der Waals surface area contributed by atoms with Crippen LogP contribution in [0, 0.1) is 17.6 Å². The predicted molar refractivity (Wildman–Crippen MR) is 173 cm³/mol. The molecule has 0 radical (unpaired) electrons. The van der Waals surface area contributed by atoms with Crippen LogP contribution >= 0.6 is 11.6 Å². The molecule has 1 fully saturated rings. The topological polar surface area (TPSA) is 163 Å². The minimum atomic E-state index is -3.81. The number of amides is 1. The summed E-state index contributed by atoms with van der Waals surface area (Å²) in [6.45, 7) is -0.900. The number of fused-ring (bicyclic) bond motifs is 4. The minimum Gasteiger partial charge on any atom is -0.382 e. The fourth-order valence-corrected chi connectivity index (χ4v) is 7.55. The summed E-state index contributed by atoms with van der Waals surface area (Å²) >= 11 is 6.49. The smallest absolute Gasteiger partial charge is 0.293 e. The second-order valence-corrected chi connectivity index (χ2v) is 14.6. The van der Waals surface area contributed by atoms with Crippen molar-refractivity contribution in [2.24, 2.45) is 13.0 Å². The normalized spacial score (nSPS) is 18.2. The van der Waals surface area contributed by atoms with Gasteiger partial charge in [-0.1, -0.05) is 11.6 Å². The van der Waals surface area contributed by atoms with Crippen molar-refractivity contribution in [1.82, 2.24) is 34.8 Å². The molecule has 0 saturated heterocycles. The van der Waals surface area contributed by atoms with Gasteiger partial charge in [0.1, 0.15) is 35.4 Å². The van der Waals surface area contributed by atoms with E-state index < -0.39 is 75.7 Å². The van der Waals surface area contributed by atoms with E-state index in [0.29, 0.717) is 10.7 Å². The Hall–Kier alpha value is -4.91. The van der Waals surface area contributed by atoms with Gasteiger partial charge in [0.15, 0.2) is 5.82 Å². The van der Waals surface area contributed by atoms with Crippen LogP contribution in [0.5, 0.6) is 0 Å². The van der Waals surface area contributed by atoms with E-state index in [1.165, 1.54) is 23.9 Å². The molecule has 2 aliphatic rings. The van der Waals surface area contributed by atoms with Crippen LogP contribution in [-0.4, -0.2) is 50.1 Å². The first-order chi connectivity index (χ1) is 23.9. The lowest BCUT2D eigenvalue weighted by atomic mass is 9.97. The zero-order valence-corrected chi connectivity index (χ0v) is 28.0. The number of alkyl halides is 4. The summed E-state index contributed by atoms with van der Waals surface area (Å²) in [5.41, 5.74) is 4.77. The highest BCUT2D eigenvalue weighted by Gasteiger charge is 2.67. The Morgan fingerprint density at radius 2 is 1.84 bits per heavy atom. The molecule has 0 bridgehead atoms. The molecule has 0 spiro atoms. The minimum absolute atomic E-state index is 0.0133. The number of aromatic nitrogens is 6. The van der Waals surface area contributed by atoms with Crippen LogP contribution < -0.4 is 15.8 Å². The van der Waals surface area contributed by atoms with Gasteiger partial charge in [-0.15, -0.1) is 0 Å². The average Bonchev–Trinajstić information content (AvgIpc) is 3.56. The van der Waals surface area contributed by atoms with E-state index in [1.807, 2.05) is 0 Å². The third-order valence-electron chi connectivity index (χ3n) is 8.78. The molecule has 5 aromatic rings. The van der Waals surface area contributed by atoms with E-state index in [1.54, 1.807) is 0 Å². The Morgan fingerprint density at radius 3 is 2.51 bits per heavy atom. The second-order valence-electron chi connectivity index (χ2n) is 12.5. The van der Waals surface area contributed by atoms with Crippen LogP contribution in [0.15, 0.2) is 36.5 Å². The van der Waals surface area contributed by atoms with Gasteiger partial charge in [-0.3, -0.25) is 23.9 Å². The van der Waals surface area contributed by atoms with Gasteiger partial charge in [0, 0.05) is 30.2 Å². The number of nitrogens with one attached hydrogen (secondary N) is 2. The Bertz CT molecular complexity index is 2350. The molecule has 2 aromatic carbocycles. The number of hydrogen-bond acceptors (Lipinski definition) is 8. The average molecular weight is 754 g/mol. The van der Waals surface area contributed by atoms with Gasteiger partial charge in [0.2, 0.25) is 15.9 Å². The molecule has 7 rings (SSSR count). The molecule has 268 valence electrons. The molecule has 3 aromatic heterocycles. The van der Waals surface area contributed by atoms with Gasteiger partial charge >= 0.3 is 0 Å². The molecule has 4 N–H and O–H groups in total. The molecular weight excluding hydrogens is 728 g/mol. The standard InChI is InChI=1S/C31H26ClF6N9O3S/c1-46-27-15(3-4-18(32)23(27)30(44-46)45-51(2,49)50)24-25(40-10-20(39)42-24)19(7-12-5-13(33)8-14(34)6-12)41-21(48)11-47-28-22(26(43-47)29(35)36)16-9-17(16)31(28,37)38/h3-6,8,10,16-17,19,29H,7,9,11H2,1-2H3,(H2,39,42)(H,41,48)(H,44,45)/t16-,17+,19?/m0/s1. The van der Waals surface area contributed by atoms with Crippen molar-refractivity contribution in [3.63, 3.8) is 0 Å². The van der Waals surface area contributed by atoms with Gasteiger partial charge in [-0.05, 0) is 48.6 Å². The van der Waals surface area contributed by atoms with E-state index in [0.717, 1.165) is 24.6 Å². The first-order valence-corrected chi connectivity index (χ1v) is 17.5. The van der Waals surface area contributed by atoms with Crippen LogP contribution in [0.2, 0.25) is 5.02 Å². The summed E-state index contributed by atoms with van der Waals surface area (Å²) in [7, 11) is -2.31. The molecule has 0 aliphatic heterocycles. The van der Waals surface area contributed by atoms with Gasteiger partial charge in [0.25, 0.3) is 12.3 Å². The number of halogens is 7. The molecular formula is C31H26ClF6N9O3S. The van der Waals surface area contributed by atoms with E-state index in [9.17, 15) is 30.8 Å². The Labute approximate surface area is 290 Å². The van der Waals surface area contributed by atoms with Crippen molar-refractivity contribution < 1.29 is 39.6 Å². The van der Waals surface area contributed by atoms with Gasteiger partial charge in [-0.25, -0.2) is 31.0 Å². The quantitative estimate of drug-likeness (QED) is 0.161. The summed E-state index contributed by atoms with van der Waals surface area (Å²) in [6.07, 6.45) is -1.38. The maximum Gasteiger partial charge on any atom is 0.293 e. The van der Waals surface area contributed by atoms with Crippen LogP contribution in [0.25, 0.3) is 22.2 Å². The Kier molecular flexibility index (Phi) is 8.20. The second kappa shape index (κ2) is 12.1. The number of carbonyl (C=O) groups excluding carboxylic acids is 1. The number of nitrogens with zero attached hydrogens (tertiary/aromatic N) is 6. The van der Waals surface area contributed by atoms with Crippen molar-refractivity contribution in [3.8, 4) is 11.3 Å². The molecule has 2 aliphatic carbocycles. The molecule has 20 heteroatoms. The fraction of sp³-hybridized carbons (Fsp3) is 0.323. The van der Waals surface area contributed by atoms with Gasteiger partial charge in [0.05, 0.1) is 45.8 Å². The summed E-state index contributed by atoms with van der Waals surface area (Å²) in [6, 6.07) is 4.32. The fourth-order valence-electron chi connectivity index (χ4n) is 6.82. The van der Waals surface area contributed by atoms with Crippen molar-refractivity contribution in [2.75, 3.05) is 16.7 Å². The number of nitrogens with two attached hydrogens (primary N) is 1. The Morgan fingerprint density at radius 1 is 1.14 bits per heavy atom. The number of benzene rings is 2.